The van der Waals surface area contributed by atoms with Gasteiger partial charge < -0.3 is 4.90 Å². The molecule has 0 saturated carbocycles. The number of aryl methyl sites for hydroxylation is 1. The number of piperidine rings is 1. The van der Waals surface area contributed by atoms with Crippen molar-refractivity contribution in [2.24, 2.45) is 25.9 Å². The second kappa shape index (κ2) is 6.96. The van der Waals surface area contributed by atoms with Crippen molar-refractivity contribution in [1.82, 2.24) is 18.7 Å². The average Bonchev–Trinajstić information content (AvgIpc) is 3.04. The summed E-state index contributed by atoms with van der Waals surface area (Å²) in [6.07, 6.45) is 1.19. The third-order valence-corrected chi connectivity index (χ3v) is 5.66. The monoisotopic (exact) mass is 381 g/mol. The van der Waals surface area contributed by atoms with Gasteiger partial charge in [0, 0.05) is 27.2 Å². The molecule has 0 bridgehead atoms. The molecule has 0 N–H and O–H groups in total. The molecule has 148 valence electrons. The summed E-state index contributed by atoms with van der Waals surface area (Å²) in [6.45, 7) is 6.84. The summed E-state index contributed by atoms with van der Waals surface area (Å²) in [5.74, 6) is 1.89. The largest absolute Gasteiger partial charge is 0.342 e. The van der Waals surface area contributed by atoms with Crippen LogP contribution in [0.3, 0.4) is 0 Å². The van der Waals surface area contributed by atoms with Gasteiger partial charge in [-0.15, -0.1) is 0 Å². The number of anilines is 1. The van der Waals surface area contributed by atoms with E-state index in [4.69, 9.17) is 4.98 Å². The van der Waals surface area contributed by atoms with E-state index in [1.54, 1.807) is 7.05 Å². The lowest BCUT2D eigenvalue weighted by atomic mass is 9.92. The van der Waals surface area contributed by atoms with E-state index in [1.807, 2.05) is 34.9 Å². The van der Waals surface area contributed by atoms with E-state index in [-0.39, 0.29) is 11.2 Å². The molecule has 0 aliphatic carbocycles. The van der Waals surface area contributed by atoms with Crippen molar-refractivity contribution < 1.29 is 0 Å². The predicted molar refractivity (Wildman–Crippen MR) is 111 cm³/mol. The molecule has 7 heteroatoms. The third kappa shape index (κ3) is 3.04. The normalized spacial score (nSPS) is 20.1. The lowest BCUT2D eigenvalue weighted by Crippen LogP contribution is -2.40. The molecule has 3 heterocycles. The number of hydrogen-bond donors (Lipinski definition) is 0. The molecule has 1 saturated heterocycles. The smallest absolute Gasteiger partial charge is 0.332 e. The minimum absolute atomic E-state index is 0.300. The van der Waals surface area contributed by atoms with Gasteiger partial charge in [0.2, 0.25) is 5.95 Å². The zero-order chi connectivity index (χ0) is 20.0. The van der Waals surface area contributed by atoms with Gasteiger partial charge in [0.1, 0.15) is 0 Å². The van der Waals surface area contributed by atoms with E-state index >= 15 is 0 Å². The van der Waals surface area contributed by atoms with Gasteiger partial charge in [-0.25, -0.2) is 4.79 Å². The molecule has 7 nitrogen and oxygen atoms in total. The molecule has 2 atom stereocenters. The van der Waals surface area contributed by atoms with Crippen LogP contribution in [0.5, 0.6) is 0 Å². The Morgan fingerprint density at radius 3 is 2.29 bits per heavy atom. The van der Waals surface area contributed by atoms with Crippen LogP contribution in [0.25, 0.3) is 11.2 Å². The summed E-state index contributed by atoms with van der Waals surface area (Å²) in [5, 5.41) is 0. The van der Waals surface area contributed by atoms with Crippen LogP contribution in [-0.2, 0) is 20.6 Å². The van der Waals surface area contributed by atoms with Crippen LogP contribution < -0.4 is 16.1 Å². The maximum absolute atomic E-state index is 13.0. The second-order valence-corrected chi connectivity index (χ2v) is 8.21. The SMILES string of the molecule is C[C@@H]1C[C@H](C)CN(c2nc3c(c(=O)n(C)c(=O)n3C)n2Cc2ccccc2)C1. The Kier molecular flexibility index (Phi) is 4.61. The first kappa shape index (κ1) is 18.5. The molecule has 2 aromatic heterocycles. The van der Waals surface area contributed by atoms with Crippen molar-refractivity contribution in [1.29, 1.82) is 0 Å². The van der Waals surface area contributed by atoms with E-state index in [0.717, 1.165) is 29.2 Å². The van der Waals surface area contributed by atoms with Gasteiger partial charge >= 0.3 is 5.69 Å². The Hall–Kier alpha value is -2.83. The average molecular weight is 381 g/mol. The molecular formula is C21H27N5O2. The zero-order valence-electron chi connectivity index (χ0n) is 16.9. The molecule has 1 aliphatic heterocycles. The molecule has 0 unspecified atom stereocenters. The first-order valence-electron chi connectivity index (χ1n) is 9.82. The Morgan fingerprint density at radius 2 is 1.64 bits per heavy atom. The van der Waals surface area contributed by atoms with Crippen molar-refractivity contribution in [2.75, 3.05) is 18.0 Å². The fraction of sp³-hybridized carbons (Fsp3) is 0.476. The predicted octanol–water partition coefficient (Wildman–Crippen LogP) is 1.96. The quantitative estimate of drug-likeness (QED) is 0.696. The van der Waals surface area contributed by atoms with Crippen molar-refractivity contribution in [2.45, 2.75) is 26.8 Å². The topological polar surface area (TPSA) is 65.1 Å². The third-order valence-electron chi connectivity index (χ3n) is 5.66. The minimum Gasteiger partial charge on any atom is -0.342 e. The molecule has 0 spiro atoms. The summed E-state index contributed by atoms with van der Waals surface area (Å²) >= 11 is 0. The van der Waals surface area contributed by atoms with Crippen LogP contribution in [0.4, 0.5) is 5.95 Å². The summed E-state index contributed by atoms with van der Waals surface area (Å²) in [6, 6.07) is 10.1. The molecule has 0 radical (unpaired) electrons. The summed E-state index contributed by atoms with van der Waals surface area (Å²) in [7, 11) is 3.20. The van der Waals surface area contributed by atoms with Crippen molar-refractivity contribution >= 4 is 17.1 Å². The Balaban J connectivity index is 1.96. The van der Waals surface area contributed by atoms with Gasteiger partial charge in [0.05, 0.1) is 6.54 Å². The minimum atomic E-state index is -0.353. The first-order valence-corrected chi connectivity index (χ1v) is 9.82. The highest BCUT2D eigenvalue weighted by atomic mass is 16.2. The fourth-order valence-electron chi connectivity index (χ4n) is 4.42. The number of hydrogen-bond acceptors (Lipinski definition) is 4. The first-order chi connectivity index (χ1) is 13.4. The van der Waals surface area contributed by atoms with Crippen LogP contribution in [0.2, 0.25) is 0 Å². The molecular weight excluding hydrogens is 354 g/mol. The summed E-state index contributed by atoms with van der Waals surface area (Å²) in [4.78, 5) is 32.5. The Bertz CT molecular complexity index is 1120. The van der Waals surface area contributed by atoms with Crippen LogP contribution in [0.15, 0.2) is 39.9 Å². The molecule has 0 amide bonds. The number of fused-ring (bicyclic) bond motifs is 1. The van der Waals surface area contributed by atoms with Crippen LogP contribution in [-0.4, -0.2) is 31.8 Å². The van der Waals surface area contributed by atoms with Crippen LogP contribution >= 0.6 is 0 Å². The highest BCUT2D eigenvalue weighted by Crippen LogP contribution is 2.28. The molecule has 1 aromatic carbocycles. The fourth-order valence-corrected chi connectivity index (χ4v) is 4.42. The van der Waals surface area contributed by atoms with E-state index in [2.05, 4.69) is 18.7 Å². The Labute approximate surface area is 163 Å². The maximum Gasteiger partial charge on any atom is 0.332 e. The van der Waals surface area contributed by atoms with Gasteiger partial charge in [-0.2, -0.15) is 4.98 Å². The molecule has 1 fully saturated rings. The van der Waals surface area contributed by atoms with Crippen molar-refractivity contribution in [3.63, 3.8) is 0 Å². The molecule has 1 aliphatic rings. The van der Waals surface area contributed by atoms with Gasteiger partial charge in [-0.1, -0.05) is 44.2 Å². The number of benzene rings is 1. The Morgan fingerprint density at radius 1 is 1.00 bits per heavy atom. The number of imidazole rings is 1. The maximum atomic E-state index is 13.0. The number of rotatable bonds is 3. The van der Waals surface area contributed by atoms with E-state index < -0.39 is 0 Å². The van der Waals surface area contributed by atoms with E-state index in [0.29, 0.717) is 29.5 Å². The van der Waals surface area contributed by atoms with Gasteiger partial charge in [-0.05, 0) is 23.8 Å². The van der Waals surface area contributed by atoms with Crippen LogP contribution in [0.1, 0.15) is 25.8 Å². The molecule has 4 rings (SSSR count). The highest BCUT2D eigenvalue weighted by Gasteiger charge is 2.28. The standard InChI is InChI=1S/C21H27N5O2/c1-14-10-15(2)12-25(11-14)20-22-18-17(19(27)24(4)21(28)23(18)3)26(20)13-16-8-6-5-7-9-16/h5-9,14-15H,10-13H2,1-4H3/t14-,15+. The van der Waals surface area contributed by atoms with E-state index in [1.165, 1.54) is 18.0 Å². The lowest BCUT2D eigenvalue weighted by Gasteiger charge is -2.35. The van der Waals surface area contributed by atoms with E-state index in [9.17, 15) is 9.59 Å². The summed E-state index contributed by atoms with van der Waals surface area (Å²) in [5.41, 5.74) is 1.37. The molecule has 3 aromatic rings. The van der Waals surface area contributed by atoms with Gasteiger partial charge in [-0.3, -0.25) is 18.5 Å². The lowest BCUT2D eigenvalue weighted by molar-refractivity contribution is 0.352. The number of aromatic nitrogens is 4. The highest BCUT2D eigenvalue weighted by molar-refractivity contribution is 5.74. The molecule has 28 heavy (non-hydrogen) atoms. The van der Waals surface area contributed by atoms with Gasteiger partial charge in [0.25, 0.3) is 5.56 Å². The summed E-state index contributed by atoms with van der Waals surface area (Å²) < 4.78 is 4.62. The van der Waals surface area contributed by atoms with Crippen LogP contribution in [0, 0.1) is 11.8 Å². The second-order valence-electron chi connectivity index (χ2n) is 8.21. The zero-order valence-corrected chi connectivity index (χ0v) is 16.9. The van der Waals surface area contributed by atoms with Gasteiger partial charge in [0.15, 0.2) is 11.2 Å². The number of nitrogens with zero attached hydrogens (tertiary/aromatic N) is 5. The van der Waals surface area contributed by atoms with Crippen molar-refractivity contribution in [3.05, 3.63) is 56.7 Å². The van der Waals surface area contributed by atoms with Crippen molar-refractivity contribution in [3.8, 4) is 0 Å².